The number of hydrogen-bond donors (Lipinski definition) is 0. The maximum absolute atomic E-state index is 5.51. The van der Waals surface area contributed by atoms with E-state index in [4.69, 9.17) is 4.74 Å². The van der Waals surface area contributed by atoms with Gasteiger partial charge in [0.05, 0.1) is 6.10 Å². The second-order valence-corrected chi connectivity index (χ2v) is 4.14. The Morgan fingerprint density at radius 3 is 2.82 bits per heavy atom. The van der Waals surface area contributed by atoms with Gasteiger partial charge in [0.2, 0.25) is 0 Å². The van der Waals surface area contributed by atoms with Crippen molar-refractivity contribution < 1.29 is 4.74 Å². The molecule has 3 rings (SSSR count). The Morgan fingerprint density at radius 1 is 1.09 bits per heavy atom. The molecule has 3 unspecified atom stereocenters. The van der Waals surface area contributed by atoms with E-state index in [1.165, 1.54) is 38.5 Å². The fourth-order valence-corrected chi connectivity index (χ4v) is 2.82. The number of methoxy groups -OCH3 is 1. The van der Waals surface area contributed by atoms with Gasteiger partial charge in [0.1, 0.15) is 0 Å². The van der Waals surface area contributed by atoms with Crippen LogP contribution < -0.4 is 0 Å². The van der Waals surface area contributed by atoms with Crippen LogP contribution in [0, 0.1) is 11.8 Å². The average Bonchev–Trinajstić information content (AvgIpc) is 2.37. The summed E-state index contributed by atoms with van der Waals surface area (Å²) in [5, 5.41) is 0. The summed E-state index contributed by atoms with van der Waals surface area (Å²) >= 11 is 0. The molecule has 3 aliphatic rings. The van der Waals surface area contributed by atoms with Crippen molar-refractivity contribution in [2.75, 3.05) is 7.11 Å². The average molecular weight is 154 g/mol. The molecule has 0 saturated heterocycles. The van der Waals surface area contributed by atoms with Gasteiger partial charge in [-0.1, -0.05) is 12.8 Å². The van der Waals surface area contributed by atoms with Gasteiger partial charge in [0.25, 0.3) is 0 Å². The fourth-order valence-electron chi connectivity index (χ4n) is 2.82. The summed E-state index contributed by atoms with van der Waals surface area (Å²) < 4.78 is 5.51. The van der Waals surface area contributed by atoms with Gasteiger partial charge in [-0.2, -0.15) is 0 Å². The zero-order valence-corrected chi connectivity index (χ0v) is 7.38. The third kappa shape index (κ3) is 1.44. The van der Waals surface area contributed by atoms with Crippen molar-refractivity contribution in [1.82, 2.24) is 0 Å². The molecule has 0 heterocycles. The second kappa shape index (κ2) is 3.14. The number of ether oxygens (including phenoxy) is 1. The van der Waals surface area contributed by atoms with Crippen molar-refractivity contribution in [2.24, 2.45) is 11.8 Å². The molecule has 3 atom stereocenters. The molecular weight excluding hydrogens is 136 g/mol. The van der Waals surface area contributed by atoms with Crippen molar-refractivity contribution in [3.63, 3.8) is 0 Å². The Morgan fingerprint density at radius 2 is 2.00 bits per heavy atom. The third-order valence-electron chi connectivity index (χ3n) is 3.53. The van der Waals surface area contributed by atoms with Crippen molar-refractivity contribution in [3.05, 3.63) is 0 Å². The third-order valence-corrected chi connectivity index (χ3v) is 3.53. The minimum atomic E-state index is 0.608. The van der Waals surface area contributed by atoms with E-state index in [2.05, 4.69) is 0 Å². The maximum Gasteiger partial charge on any atom is 0.0602 e. The van der Waals surface area contributed by atoms with Crippen LogP contribution in [-0.4, -0.2) is 13.2 Å². The molecule has 1 nitrogen and oxygen atoms in total. The molecule has 3 aliphatic carbocycles. The van der Waals surface area contributed by atoms with Crippen molar-refractivity contribution >= 4 is 0 Å². The smallest absolute Gasteiger partial charge is 0.0602 e. The quantitative estimate of drug-likeness (QED) is 0.564. The molecule has 3 saturated carbocycles. The van der Waals surface area contributed by atoms with Crippen LogP contribution in [0.4, 0.5) is 0 Å². The summed E-state index contributed by atoms with van der Waals surface area (Å²) in [6.45, 7) is 0. The van der Waals surface area contributed by atoms with E-state index >= 15 is 0 Å². The molecule has 0 radical (unpaired) electrons. The van der Waals surface area contributed by atoms with Gasteiger partial charge in [0.15, 0.2) is 0 Å². The van der Waals surface area contributed by atoms with Gasteiger partial charge in [-0.3, -0.25) is 0 Å². The van der Waals surface area contributed by atoms with Crippen molar-refractivity contribution in [1.29, 1.82) is 0 Å². The van der Waals surface area contributed by atoms with E-state index in [1.807, 2.05) is 7.11 Å². The summed E-state index contributed by atoms with van der Waals surface area (Å²) in [4.78, 5) is 0. The Bertz CT molecular complexity index is 129. The van der Waals surface area contributed by atoms with Gasteiger partial charge >= 0.3 is 0 Å². The van der Waals surface area contributed by atoms with Gasteiger partial charge in [-0.25, -0.2) is 0 Å². The van der Waals surface area contributed by atoms with Gasteiger partial charge in [-0.15, -0.1) is 0 Å². The Balaban J connectivity index is 2.04. The van der Waals surface area contributed by atoms with Crippen molar-refractivity contribution in [2.45, 2.75) is 44.6 Å². The van der Waals surface area contributed by atoms with Crippen LogP contribution in [0.5, 0.6) is 0 Å². The molecule has 64 valence electrons. The van der Waals surface area contributed by atoms with Gasteiger partial charge in [-0.05, 0) is 37.5 Å². The van der Waals surface area contributed by atoms with Crippen LogP contribution in [0.1, 0.15) is 38.5 Å². The molecule has 11 heavy (non-hydrogen) atoms. The number of fused-ring (bicyclic) bond motifs is 4. The Hall–Kier alpha value is -0.0400. The van der Waals surface area contributed by atoms with Crippen LogP contribution in [-0.2, 0) is 4.74 Å². The molecule has 0 aromatic heterocycles. The predicted molar refractivity (Wildman–Crippen MR) is 45.5 cm³/mol. The molecular formula is C10H18O. The Kier molecular flexibility index (Phi) is 2.17. The highest BCUT2D eigenvalue weighted by Gasteiger charge is 2.32. The SMILES string of the molecule is COC1CC2CCCC1CC2. The van der Waals surface area contributed by atoms with E-state index in [0.29, 0.717) is 6.10 Å². The van der Waals surface area contributed by atoms with Crippen LogP contribution >= 0.6 is 0 Å². The molecule has 0 aromatic rings. The molecule has 0 amide bonds. The van der Waals surface area contributed by atoms with Gasteiger partial charge < -0.3 is 4.74 Å². The highest BCUT2D eigenvalue weighted by Crippen LogP contribution is 2.40. The first kappa shape index (κ1) is 7.60. The molecule has 3 fully saturated rings. The Labute approximate surface area is 69.1 Å². The monoisotopic (exact) mass is 154 g/mol. The molecule has 0 spiro atoms. The topological polar surface area (TPSA) is 9.23 Å². The highest BCUT2D eigenvalue weighted by atomic mass is 16.5. The van der Waals surface area contributed by atoms with Crippen molar-refractivity contribution in [3.8, 4) is 0 Å². The van der Waals surface area contributed by atoms with E-state index in [1.54, 1.807) is 0 Å². The van der Waals surface area contributed by atoms with Crippen LogP contribution in [0.25, 0.3) is 0 Å². The first-order valence-corrected chi connectivity index (χ1v) is 4.93. The fraction of sp³-hybridized carbons (Fsp3) is 1.00. The lowest BCUT2D eigenvalue weighted by Crippen LogP contribution is -2.28. The van der Waals surface area contributed by atoms with E-state index in [0.717, 1.165) is 11.8 Å². The zero-order chi connectivity index (χ0) is 7.68. The largest absolute Gasteiger partial charge is 0.381 e. The maximum atomic E-state index is 5.51. The highest BCUT2D eigenvalue weighted by molar-refractivity contribution is 4.84. The minimum absolute atomic E-state index is 0.608. The lowest BCUT2D eigenvalue weighted by atomic mass is 9.82. The second-order valence-electron chi connectivity index (χ2n) is 4.14. The van der Waals surface area contributed by atoms with E-state index < -0.39 is 0 Å². The first-order valence-electron chi connectivity index (χ1n) is 4.93. The van der Waals surface area contributed by atoms with E-state index in [-0.39, 0.29) is 0 Å². The normalized spacial score (nSPS) is 43.9. The predicted octanol–water partition coefficient (Wildman–Crippen LogP) is 2.60. The van der Waals surface area contributed by atoms with E-state index in [9.17, 15) is 0 Å². The lowest BCUT2D eigenvalue weighted by Gasteiger charge is -2.31. The summed E-state index contributed by atoms with van der Waals surface area (Å²) in [5.41, 5.74) is 0. The molecule has 1 heteroatoms. The number of rotatable bonds is 1. The lowest BCUT2D eigenvalue weighted by molar-refractivity contribution is 0.0135. The molecule has 2 bridgehead atoms. The summed E-state index contributed by atoms with van der Waals surface area (Å²) in [6, 6.07) is 0. The summed E-state index contributed by atoms with van der Waals surface area (Å²) in [6.07, 6.45) is 9.21. The molecule has 0 N–H and O–H groups in total. The zero-order valence-electron chi connectivity index (χ0n) is 7.38. The minimum Gasteiger partial charge on any atom is -0.381 e. The first-order chi connectivity index (χ1) is 5.40. The standard InChI is InChI=1S/C10H18O/c1-11-10-7-8-3-2-4-9(10)6-5-8/h8-10H,2-7H2,1H3. The molecule has 0 aliphatic heterocycles. The van der Waals surface area contributed by atoms with Crippen LogP contribution in [0.15, 0.2) is 0 Å². The number of hydrogen-bond acceptors (Lipinski definition) is 1. The summed E-state index contributed by atoms with van der Waals surface area (Å²) in [7, 11) is 1.88. The van der Waals surface area contributed by atoms with Crippen LogP contribution in [0.2, 0.25) is 0 Å². The molecule has 0 aromatic carbocycles. The van der Waals surface area contributed by atoms with Gasteiger partial charge in [0, 0.05) is 7.11 Å². The van der Waals surface area contributed by atoms with Crippen LogP contribution in [0.3, 0.4) is 0 Å². The summed E-state index contributed by atoms with van der Waals surface area (Å²) in [5.74, 6) is 1.90.